The first-order valence-corrected chi connectivity index (χ1v) is 7.18. The van der Waals surface area contributed by atoms with Crippen LogP contribution in [0.3, 0.4) is 0 Å². The maximum absolute atomic E-state index is 8.29. The molecule has 1 aliphatic heterocycles. The van der Waals surface area contributed by atoms with Crippen LogP contribution >= 0.6 is 0 Å². The second-order valence-corrected chi connectivity index (χ2v) is 5.32. The van der Waals surface area contributed by atoms with E-state index in [-0.39, 0.29) is 0 Å². The third-order valence-electron chi connectivity index (χ3n) is 4.06. The van der Waals surface area contributed by atoms with Crippen molar-refractivity contribution in [3.05, 3.63) is 42.0 Å². The van der Waals surface area contributed by atoms with E-state index in [9.17, 15) is 0 Å². The molecule has 4 heteroatoms. The molecule has 2 aliphatic rings. The van der Waals surface area contributed by atoms with Crippen molar-refractivity contribution in [1.82, 2.24) is 0 Å². The first kappa shape index (κ1) is 14.2. The van der Waals surface area contributed by atoms with Crippen LogP contribution in [0.5, 0.6) is 0 Å². The molecule has 0 amide bonds. The Labute approximate surface area is 117 Å². The van der Waals surface area contributed by atoms with Crippen molar-refractivity contribution in [3.63, 3.8) is 0 Å². The predicted molar refractivity (Wildman–Crippen MR) is 74.9 cm³/mol. The summed E-state index contributed by atoms with van der Waals surface area (Å²) >= 11 is -0.750. The van der Waals surface area contributed by atoms with Crippen LogP contribution in [-0.4, -0.2) is 20.6 Å². The van der Waals surface area contributed by atoms with Gasteiger partial charge < -0.3 is 4.74 Å². The van der Waals surface area contributed by atoms with Gasteiger partial charge in [-0.25, -0.2) is 0 Å². The average Bonchev–Trinajstić information content (AvgIpc) is 3.20. The molecule has 0 bridgehead atoms. The molecule has 19 heavy (non-hydrogen) atoms. The highest BCUT2D eigenvalue weighted by atomic mass is 32.1. The molecule has 0 spiro atoms. The van der Waals surface area contributed by atoms with Gasteiger partial charge in [0, 0.05) is 0 Å². The SMILES string of the molecule is C[C@H]1[C@@H]2O[C@@H]2C(c2ccccc2)=CC[C@H]1C.O=S=O. The van der Waals surface area contributed by atoms with E-state index in [0.29, 0.717) is 18.1 Å². The van der Waals surface area contributed by atoms with Crippen molar-refractivity contribution in [2.45, 2.75) is 32.5 Å². The van der Waals surface area contributed by atoms with E-state index in [1.54, 1.807) is 0 Å². The lowest BCUT2D eigenvalue weighted by atomic mass is 9.91. The number of fused-ring (bicyclic) bond motifs is 1. The minimum Gasteiger partial charge on any atom is -0.364 e. The number of allylic oxidation sites excluding steroid dienone is 1. The zero-order valence-corrected chi connectivity index (χ0v) is 11.9. The van der Waals surface area contributed by atoms with Crippen LogP contribution in [0.15, 0.2) is 36.4 Å². The first-order valence-electron chi connectivity index (χ1n) is 6.51. The van der Waals surface area contributed by atoms with Crippen LogP contribution in [-0.2, 0) is 16.3 Å². The average molecular weight is 278 g/mol. The number of epoxide rings is 1. The van der Waals surface area contributed by atoms with Crippen LogP contribution in [0.4, 0.5) is 0 Å². The molecule has 0 N–H and O–H groups in total. The molecule has 3 nitrogen and oxygen atoms in total. The fourth-order valence-electron chi connectivity index (χ4n) is 2.65. The molecule has 0 radical (unpaired) electrons. The molecular formula is C15H18O3S. The standard InChI is InChI=1S/C15H18O.O2S/c1-10-8-9-13(12-6-4-3-5-7-12)15-14(16-15)11(10)2;1-3-2/h3-7,9-11,14-15H,8H2,1-2H3;/t10-,11-,14+,15-;/m1./s1. The summed E-state index contributed by atoms with van der Waals surface area (Å²) in [5.74, 6) is 1.42. The lowest BCUT2D eigenvalue weighted by molar-refractivity contribution is 0.274. The van der Waals surface area contributed by atoms with Gasteiger partial charge in [0.1, 0.15) is 6.10 Å². The number of rotatable bonds is 1. The van der Waals surface area contributed by atoms with Gasteiger partial charge in [-0.3, -0.25) is 0 Å². The van der Waals surface area contributed by atoms with E-state index >= 15 is 0 Å². The summed E-state index contributed by atoms with van der Waals surface area (Å²) < 4.78 is 22.4. The van der Waals surface area contributed by atoms with Crippen molar-refractivity contribution in [1.29, 1.82) is 0 Å². The van der Waals surface area contributed by atoms with Gasteiger partial charge in [0.25, 0.3) is 0 Å². The summed E-state index contributed by atoms with van der Waals surface area (Å²) in [4.78, 5) is 0. The van der Waals surface area contributed by atoms with E-state index in [4.69, 9.17) is 13.2 Å². The van der Waals surface area contributed by atoms with E-state index < -0.39 is 11.6 Å². The van der Waals surface area contributed by atoms with Gasteiger partial charge in [0.2, 0.25) is 0 Å². The van der Waals surface area contributed by atoms with Crippen LogP contribution < -0.4 is 0 Å². The molecular weight excluding hydrogens is 260 g/mol. The van der Waals surface area contributed by atoms with Crippen molar-refractivity contribution in [3.8, 4) is 0 Å². The van der Waals surface area contributed by atoms with Gasteiger partial charge in [-0.1, -0.05) is 50.3 Å². The fourth-order valence-corrected chi connectivity index (χ4v) is 2.65. The molecule has 1 heterocycles. The maximum Gasteiger partial charge on any atom is 0.335 e. The highest BCUT2D eigenvalue weighted by molar-refractivity contribution is 7.51. The monoisotopic (exact) mass is 278 g/mol. The van der Waals surface area contributed by atoms with Crippen LogP contribution in [0.25, 0.3) is 5.57 Å². The number of benzene rings is 1. The zero-order chi connectivity index (χ0) is 13.8. The van der Waals surface area contributed by atoms with Crippen LogP contribution in [0.1, 0.15) is 25.8 Å². The minimum atomic E-state index is -0.750. The lowest BCUT2D eigenvalue weighted by Crippen LogP contribution is -2.13. The van der Waals surface area contributed by atoms with Crippen molar-refractivity contribution >= 4 is 17.1 Å². The molecule has 1 aliphatic carbocycles. The summed E-state index contributed by atoms with van der Waals surface area (Å²) in [6, 6.07) is 10.6. The normalized spacial score (nSPS) is 32.0. The topological polar surface area (TPSA) is 46.7 Å². The molecule has 0 aromatic heterocycles. The van der Waals surface area contributed by atoms with Gasteiger partial charge in [-0.15, -0.1) is 0 Å². The predicted octanol–water partition coefficient (Wildman–Crippen LogP) is 2.84. The Morgan fingerprint density at radius 3 is 2.42 bits per heavy atom. The van der Waals surface area contributed by atoms with Gasteiger partial charge in [0.05, 0.1) is 6.10 Å². The van der Waals surface area contributed by atoms with Gasteiger partial charge in [-0.2, -0.15) is 8.42 Å². The highest BCUT2D eigenvalue weighted by Crippen LogP contribution is 2.45. The zero-order valence-electron chi connectivity index (χ0n) is 11.1. The van der Waals surface area contributed by atoms with Gasteiger partial charge in [0.15, 0.2) is 0 Å². The molecule has 0 unspecified atom stereocenters. The quantitative estimate of drug-likeness (QED) is 0.742. The summed E-state index contributed by atoms with van der Waals surface area (Å²) in [6.45, 7) is 4.64. The molecule has 1 aromatic rings. The molecule has 1 saturated heterocycles. The van der Waals surface area contributed by atoms with E-state index in [1.165, 1.54) is 17.6 Å². The smallest absolute Gasteiger partial charge is 0.335 e. The number of hydrogen-bond donors (Lipinski definition) is 0. The fraction of sp³-hybridized carbons (Fsp3) is 0.467. The van der Waals surface area contributed by atoms with Crippen LogP contribution in [0.2, 0.25) is 0 Å². The highest BCUT2D eigenvalue weighted by Gasteiger charge is 2.48. The summed E-state index contributed by atoms with van der Waals surface area (Å²) in [5.41, 5.74) is 2.73. The number of ether oxygens (including phenoxy) is 1. The Balaban J connectivity index is 0.000000408. The Bertz CT molecular complexity index is 491. The second-order valence-electron chi connectivity index (χ2n) is 5.19. The van der Waals surface area contributed by atoms with Gasteiger partial charge >= 0.3 is 11.6 Å². The Hall–Kier alpha value is -1.26. The van der Waals surface area contributed by atoms with Crippen molar-refractivity contribution < 1.29 is 13.2 Å². The van der Waals surface area contributed by atoms with E-state index in [0.717, 1.165) is 5.92 Å². The minimum absolute atomic E-state index is 0.363. The largest absolute Gasteiger partial charge is 0.364 e. The van der Waals surface area contributed by atoms with Crippen molar-refractivity contribution in [2.75, 3.05) is 0 Å². The number of hydrogen-bond acceptors (Lipinski definition) is 3. The molecule has 4 atom stereocenters. The van der Waals surface area contributed by atoms with Crippen molar-refractivity contribution in [2.24, 2.45) is 11.8 Å². The summed E-state index contributed by atoms with van der Waals surface area (Å²) in [6.07, 6.45) is 4.39. The molecule has 102 valence electrons. The Morgan fingerprint density at radius 2 is 1.79 bits per heavy atom. The lowest BCUT2D eigenvalue weighted by Gasteiger charge is -2.14. The third kappa shape index (κ3) is 3.19. The molecule has 0 saturated carbocycles. The summed E-state index contributed by atoms with van der Waals surface area (Å²) in [5, 5.41) is 0. The summed E-state index contributed by atoms with van der Waals surface area (Å²) in [7, 11) is 0. The third-order valence-corrected chi connectivity index (χ3v) is 4.06. The van der Waals surface area contributed by atoms with Crippen LogP contribution in [0, 0.1) is 11.8 Å². The molecule has 3 rings (SSSR count). The Morgan fingerprint density at radius 1 is 1.16 bits per heavy atom. The van der Waals surface area contributed by atoms with E-state index in [1.807, 2.05) is 0 Å². The maximum atomic E-state index is 8.29. The molecule has 1 aromatic carbocycles. The van der Waals surface area contributed by atoms with Gasteiger partial charge in [-0.05, 0) is 29.4 Å². The van der Waals surface area contributed by atoms with E-state index in [2.05, 4.69) is 50.3 Å². The first-order chi connectivity index (χ1) is 9.19. The second kappa shape index (κ2) is 6.26. The Kier molecular flexibility index (Phi) is 4.66. The molecule has 1 fully saturated rings.